The minimum absolute atomic E-state index is 0. The van der Waals surface area contributed by atoms with Gasteiger partial charge in [0, 0.05) is 69.9 Å². The fraction of sp³-hybridized carbons (Fsp3) is 0.191. The zero-order chi connectivity index (χ0) is 73.4. The van der Waals surface area contributed by atoms with E-state index in [0.717, 1.165) is 68.3 Å². The first kappa shape index (κ1) is 142. The van der Waals surface area contributed by atoms with Gasteiger partial charge in [0.25, 0.3) is 0 Å². The van der Waals surface area contributed by atoms with Crippen LogP contribution in [0.3, 0.4) is 0 Å². The van der Waals surface area contributed by atoms with Crippen LogP contribution < -0.4 is 16.4 Å². The quantitative estimate of drug-likeness (QED) is 0.0628. The number of anilines is 4. The molecule has 4 aromatic carbocycles. The van der Waals surface area contributed by atoms with Crippen molar-refractivity contribution in [3.8, 4) is 22.5 Å². The second-order valence-electron chi connectivity index (χ2n) is 15.1. The topological polar surface area (TPSA) is 252 Å². The van der Waals surface area contributed by atoms with Crippen molar-refractivity contribution in [2.24, 2.45) is 5.73 Å². The number of rotatable bonds is 14. The van der Waals surface area contributed by atoms with Gasteiger partial charge in [-0.1, -0.05) is 57.7 Å². The molecule has 0 spiro atoms. The Labute approximate surface area is 1140 Å². The number of primary amides is 1. The van der Waals surface area contributed by atoms with Crippen molar-refractivity contribution in [3.63, 3.8) is 0 Å². The number of nitrogens with zero attached hydrogens (tertiary/aromatic N) is 8. The standard InChI is InChI=1S/C23H21FN6O3.C23H20FN5O4.CH4.26K/c1-3-14-10-26-23(27-18-9-20(30(32)33)17(24)8-13(18)2)28-22(14)16-11-29(12-21(25)31)19-7-5-4-6-15(16)19;1-3-14-10-25-23(26-18-9-20(29(32)33)17(24)8-13(18)2)27-22(14)16-11-28(12-21(30)31)19-7-5-4-6-15(16)19;;;;;;;;;;;;;;;;;;;;;;;;;;;/h4-11H,3,12H2,1-2H3,(H2,25,31)(H,26,27,28);4-11H,3,12H2,1-2H3,(H,30,31)(H,25,26,27);1H4;;;;;;;;;;;;;;;;;;;;;;;;;;. The van der Waals surface area contributed by atoms with Gasteiger partial charge in [-0.05, 0) is 73.2 Å². The van der Waals surface area contributed by atoms with Crippen LogP contribution in [-0.4, -0.2) is 877 Å². The molecular formula is C47H45F2K26N11O7. The van der Waals surface area contributed by atoms with Gasteiger partial charge in [0.2, 0.25) is 29.4 Å². The molecule has 0 atom stereocenters. The third-order valence-electron chi connectivity index (χ3n) is 10.7. The van der Waals surface area contributed by atoms with Crippen molar-refractivity contribution in [3.05, 3.63) is 152 Å². The van der Waals surface area contributed by atoms with Crippen LogP contribution in [0.4, 0.5) is 43.4 Å². The predicted octanol–water partition coefficient (Wildman–Crippen LogP) is -0.175. The van der Waals surface area contributed by atoms with E-state index in [1.54, 1.807) is 41.6 Å². The SMILES string of the molecule is C.CCc1cnc(Nc2cc([N+](=O)[O-])c(F)cc2C)nc1-c1cn(CC(=O)O)c2ccccc12.CCc1cnc(Nc2cc([N+](=O)[O-])c(F)cc2C)nc1-c1cn(CC(N)=O)c2ccccc12.[K][K].[K][K].[K][K].[K][K].[K][K].[K][K].[K][K].[K][K].[K][K].[K][K].[K][K].[K][K].[K][K]. The normalized spacial score (nSPS) is 8.92. The number of nitrogens with two attached hydrogens (primary N) is 1. The molecule has 18 nitrogen and oxygen atoms in total. The summed E-state index contributed by atoms with van der Waals surface area (Å²) >= 11 is 32.5. The number of carbonyl (C=O) groups is 2. The van der Waals surface area contributed by atoms with Gasteiger partial charge in [0.1, 0.15) is 13.1 Å². The molecule has 8 aromatic rings. The number of para-hydroxylation sites is 2. The van der Waals surface area contributed by atoms with Crippen LogP contribution in [0.1, 0.15) is 43.5 Å². The second kappa shape index (κ2) is 103. The Hall–Kier alpha value is 33.9. The molecule has 0 saturated heterocycles. The van der Waals surface area contributed by atoms with Crippen LogP contribution in [0.25, 0.3) is 44.3 Å². The molecule has 0 aliphatic carbocycles. The Morgan fingerprint density at radius 2 is 0.817 bits per heavy atom. The summed E-state index contributed by atoms with van der Waals surface area (Å²) in [6, 6.07) is 19.5. The molecule has 4 heterocycles. The number of carboxylic acid groups (broad SMARTS) is 1. The van der Waals surface area contributed by atoms with Crippen LogP contribution in [-0.2, 0) is 35.5 Å². The van der Waals surface area contributed by atoms with Crippen molar-refractivity contribution in [1.82, 2.24) is 29.1 Å². The molecule has 5 N–H and O–H groups in total. The molecule has 0 radical (unpaired) electrons. The molecular weight excluding hydrogens is 1890 g/mol. The van der Waals surface area contributed by atoms with E-state index in [0.29, 0.717) is 46.7 Å². The first-order valence-corrected chi connectivity index (χ1v) is 241. The summed E-state index contributed by atoms with van der Waals surface area (Å²) in [5.41, 5.74) is 11.9. The van der Waals surface area contributed by atoms with E-state index >= 15 is 0 Å². The Morgan fingerprint density at radius 3 is 1.09 bits per heavy atom. The van der Waals surface area contributed by atoms with Gasteiger partial charge >= 0.3 is 838 Å². The number of nitro groups is 2. The van der Waals surface area contributed by atoms with Crippen molar-refractivity contribution >= 4 is 889 Å². The van der Waals surface area contributed by atoms with Crippen molar-refractivity contribution < 1.29 is 33.3 Å². The van der Waals surface area contributed by atoms with Crippen LogP contribution in [0, 0.1) is 45.7 Å². The molecule has 4 aromatic heterocycles. The third kappa shape index (κ3) is 63.9. The zero-order valence-electron chi connectivity index (χ0n) is 61.9. The molecule has 8 rings (SSSR count). The number of benzene rings is 4. The molecule has 0 fully saturated rings. The number of aryl methyl sites for hydroxylation is 4. The number of aliphatic carboxylic acids is 1. The summed E-state index contributed by atoms with van der Waals surface area (Å²) < 4.78 is 31.2. The molecule has 0 bridgehead atoms. The zero-order valence-corrected chi connectivity index (χ0v) is 143. The molecule has 0 aliphatic heterocycles. The van der Waals surface area contributed by atoms with Crippen LogP contribution >= 0.6 is 0 Å². The number of hydrogen-bond acceptors (Lipinski definition) is 12. The fourth-order valence-electron chi connectivity index (χ4n) is 7.48. The molecule has 0 saturated carbocycles. The van der Waals surface area contributed by atoms with E-state index in [-0.39, 0.29) is 32.4 Å². The number of aromatic nitrogens is 6. The van der Waals surface area contributed by atoms with Crippen LogP contribution in [0.15, 0.2) is 97.6 Å². The van der Waals surface area contributed by atoms with Crippen molar-refractivity contribution in [2.45, 2.75) is 61.1 Å². The van der Waals surface area contributed by atoms with Gasteiger partial charge in [-0.25, -0.2) is 19.9 Å². The van der Waals surface area contributed by atoms with E-state index < -0.39 is 44.7 Å². The Bertz CT molecular complexity index is 3090. The summed E-state index contributed by atoms with van der Waals surface area (Å²) in [6.45, 7) is 7.02. The number of amides is 1. The average Bonchev–Trinajstić information content (AvgIpc) is 1.68. The first-order chi connectivity index (χ1) is 44.6. The summed E-state index contributed by atoms with van der Waals surface area (Å²) in [4.78, 5) is 61.6. The molecule has 93 heavy (non-hydrogen) atoms. The summed E-state index contributed by atoms with van der Waals surface area (Å²) in [5, 5.41) is 39.2. The molecule has 46 heteroatoms. The van der Waals surface area contributed by atoms with E-state index in [9.17, 15) is 43.7 Å². The number of halogens is 2. The third-order valence-corrected chi connectivity index (χ3v) is 10.7. The van der Waals surface area contributed by atoms with Crippen molar-refractivity contribution in [2.75, 3.05) is 10.6 Å². The first-order valence-electron chi connectivity index (χ1n) is 33.4. The second-order valence-corrected chi connectivity index (χ2v) is 15.1. The van der Waals surface area contributed by atoms with E-state index in [1.165, 1.54) is 821 Å². The predicted molar refractivity (Wildman–Crippen MR) is 400 cm³/mol. The van der Waals surface area contributed by atoms with Crippen LogP contribution in [0.5, 0.6) is 0 Å². The Morgan fingerprint density at radius 1 is 0.527 bits per heavy atom. The minimum atomic E-state index is -0.962. The number of hydrogen-bond donors (Lipinski definition) is 4. The number of nitrogens with one attached hydrogen (secondary N) is 2. The van der Waals surface area contributed by atoms with Gasteiger partial charge in [-0.3, -0.25) is 29.8 Å². The van der Waals surface area contributed by atoms with Gasteiger partial charge < -0.3 is 30.6 Å². The van der Waals surface area contributed by atoms with E-state index in [1.807, 2.05) is 68.6 Å². The molecule has 370 valence electrons. The monoisotopic (exact) mass is 1930 g/mol. The number of nitro benzene ring substituents is 2. The maximum absolute atomic E-state index is 13.9. The van der Waals surface area contributed by atoms with Gasteiger partial charge in [0.05, 0.1) is 32.6 Å². The van der Waals surface area contributed by atoms with E-state index in [4.69, 9.17) is 5.73 Å². The summed E-state index contributed by atoms with van der Waals surface area (Å²) in [6.07, 6.45) is 8.20. The van der Waals surface area contributed by atoms with Gasteiger partial charge in [-0.15, -0.1) is 0 Å². The maximum atomic E-state index is 13.9. The molecule has 0 unspecified atom stereocenters. The summed E-state index contributed by atoms with van der Waals surface area (Å²) in [5.74, 6) is -2.86. The number of carbonyl (C=O) groups excluding carboxylic acids is 1. The molecule has 1 amide bonds. The molecule has 0 aliphatic rings. The average molecular weight is 1930 g/mol. The Balaban J connectivity index is -0.000000190. The van der Waals surface area contributed by atoms with Crippen molar-refractivity contribution in [1.29, 1.82) is 0 Å². The van der Waals surface area contributed by atoms with Gasteiger partial charge in [0.15, 0.2) is 0 Å². The fourth-order valence-corrected chi connectivity index (χ4v) is 7.48. The van der Waals surface area contributed by atoms with Gasteiger partial charge in [-0.2, -0.15) is 8.78 Å². The van der Waals surface area contributed by atoms with Crippen LogP contribution in [0.2, 0.25) is 0 Å². The van der Waals surface area contributed by atoms with E-state index in [2.05, 4.69) is 30.6 Å². The summed E-state index contributed by atoms with van der Waals surface area (Å²) in [7, 11) is 0. The Kier molecular flexibility index (Phi) is 158. The number of fused-ring (bicyclic) bond motifs is 2. The number of carboxylic acids is 1.